The molecule has 14 heavy (non-hydrogen) atoms. The van der Waals surface area contributed by atoms with Gasteiger partial charge in [-0.1, -0.05) is 6.07 Å². The second-order valence-electron chi connectivity index (χ2n) is 3.74. The highest BCUT2D eigenvalue weighted by Gasteiger charge is 2.43. The first-order valence-electron chi connectivity index (χ1n) is 4.68. The van der Waals surface area contributed by atoms with Gasteiger partial charge in [0.15, 0.2) is 0 Å². The third kappa shape index (κ3) is 2.13. The van der Waals surface area contributed by atoms with Crippen LogP contribution in [0.15, 0.2) is 17.5 Å². The maximum atomic E-state index is 11.5. The number of amides is 1. The van der Waals surface area contributed by atoms with Crippen molar-refractivity contribution >= 4 is 17.2 Å². The summed E-state index contributed by atoms with van der Waals surface area (Å²) in [6.07, 6.45) is 2.23. The molecule has 2 rings (SSSR count). The second kappa shape index (κ2) is 3.71. The van der Waals surface area contributed by atoms with E-state index >= 15 is 0 Å². The highest BCUT2D eigenvalue weighted by molar-refractivity contribution is 7.10. The van der Waals surface area contributed by atoms with Gasteiger partial charge in [-0.05, 0) is 24.3 Å². The molecule has 0 saturated heterocycles. The van der Waals surface area contributed by atoms with Gasteiger partial charge in [-0.2, -0.15) is 0 Å². The summed E-state index contributed by atoms with van der Waals surface area (Å²) in [4.78, 5) is 12.6. The van der Waals surface area contributed by atoms with Crippen LogP contribution >= 0.6 is 11.3 Å². The Kier molecular flexibility index (Phi) is 2.56. The van der Waals surface area contributed by atoms with Gasteiger partial charge < -0.3 is 10.4 Å². The second-order valence-corrected chi connectivity index (χ2v) is 4.78. The average molecular weight is 211 g/mol. The van der Waals surface area contributed by atoms with Gasteiger partial charge in [0, 0.05) is 4.88 Å². The SMILES string of the molecule is O=C(Cc1cccs1)NC1(CO)CC1. The largest absolute Gasteiger partial charge is 0.394 e. The van der Waals surface area contributed by atoms with Gasteiger partial charge in [0.05, 0.1) is 18.6 Å². The smallest absolute Gasteiger partial charge is 0.225 e. The van der Waals surface area contributed by atoms with E-state index in [1.54, 1.807) is 11.3 Å². The lowest BCUT2D eigenvalue weighted by Gasteiger charge is -2.13. The van der Waals surface area contributed by atoms with E-state index in [0.29, 0.717) is 6.42 Å². The number of rotatable bonds is 4. The van der Waals surface area contributed by atoms with Crippen LogP contribution in [-0.2, 0) is 11.2 Å². The number of aliphatic hydroxyl groups excluding tert-OH is 1. The normalized spacial score (nSPS) is 17.8. The van der Waals surface area contributed by atoms with Crippen molar-refractivity contribution in [2.75, 3.05) is 6.61 Å². The average Bonchev–Trinajstić information content (AvgIpc) is 2.74. The van der Waals surface area contributed by atoms with Crippen molar-refractivity contribution in [3.05, 3.63) is 22.4 Å². The molecule has 0 radical (unpaired) electrons. The molecule has 0 aliphatic heterocycles. The summed E-state index contributed by atoms with van der Waals surface area (Å²) in [5.74, 6) is 0.0130. The molecule has 1 aromatic heterocycles. The molecule has 0 atom stereocenters. The molecule has 0 unspecified atom stereocenters. The first kappa shape index (κ1) is 9.68. The predicted octanol–water partition coefficient (Wildman–Crippen LogP) is 0.932. The topological polar surface area (TPSA) is 49.3 Å². The van der Waals surface area contributed by atoms with Crippen LogP contribution in [0.2, 0.25) is 0 Å². The quantitative estimate of drug-likeness (QED) is 0.778. The van der Waals surface area contributed by atoms with Crippen molar-refractivity contribution in [2.24, 2.45) is 0 Å². The first-order valence-corrected chi connectivity index (χ1v) is 5.56. The Bertz CT molecular complexity index is 317. The van der Waals surface area contributed by atoms with E-state index < -0.39 is 0 Å². The monoisotopic (exact) mass is 211 g/mol. The number of carbonyl (C=O) groups excluding carboxylic acids is 1. The van der Waals surface area contributed by atoms with Crippen LogP contribution < -0.4 is 5.32 Å². The van der Waals surface area contributed by atoms with Crippen molar-refractivity contribution in [3.63, 3.8) is 0 Å². The Morgan fingerprint density at radius 2 is 2.43 bits per heavy atom. The number of thiophene rings is 1. The van der Waals surface area contributed by atoms with Crippen LogP contribution in [-0.4, -0.2) is 23.2 Å². The van der Waals surface area contributed by atoms with Gasteiger partial charge in [-0.15, -0.1) is 11.3 Å². The summed E-state index contributed by atoms with van der Waals surface area (Å²) < 4.78 is 0. The fourth-order valence-electron chi connectivity index (χ4n) is 1.38. The van der Waals surface area contributed by atoms with Gasteiger partial charge in [0.25, 0.3) is 0 Å². The number of carbonyl (C=O) groups is 1. The number of hydrogen-bond donors (Lipinski definition) is 2. The number of hydrogen-bond acceptors (Lipinski definition) is 3. The van der Waals surface area contributed by atoms with Crippen LogP contribution in [0.5, 0.6) is 0 Å². The molecule has 2 N–H and O–H groups in total. The Morgan fingerprint density at radius 3 is 2.93 bits per heavy atom. The Hall–Kier alpha value is -0.870. The minimum atomic E-state index is -0.283. The molecular weight excluding hydrogens is 198 g/mol. The third-order valence-electron chi connectivity index (χ3n) is 2.48. The van der Waals surface area contributed by atoms with Crippen LogP contribution in [0.3, 0.4) is 0 Å². The van der Waals surface area contributed by atoms with Crippen molar-refractivity contribution in [3.8, 4) is 0 Å². The van der Waals surface area contributed by atoms with Gasteiger partial charge in [-0.3, -0.25) is 4.79 Å². The lowest BCUT2D eigenvalue weighted by molar-refractivity contribution is -0.121. The third-order valence-corrected chi connectivity index (χ3v) is 3.35. The van der Waals surface area contributed by atoms with Crippen molar-refractivity contribution < 1.29 is 9.90 Å². The standard InChI is InChI=1S/C10H13NO2S/c12-7-10(3-4-10)11-9(13)6-8-2-1-5-14-8/h1-2,5,12H,3-4,6-7H2,(H,11,13). The summed E-state index contributed by atoms with van der Waals surface area (Å²) in [6.45, 7) is 0.0587. The van der Waals surface area contributed by atoms with Gasteiger partial charge >= 0.3 is 0 Å². The van der Waals surface area contributed by atoms with E-state index in [0.717, 1.165) is 17.7 Å². The van der Waals surface area contributed by atoms with E-state index in [-0.39, 0.29) is 18.1 Å². The lowest BCUT2D eigenvalue weighted by atomic mass is 10.2. The highest BCUT2D eigenvalue weighted by Crippen LogP contribution is 2.34. The van der Waals surface area contributed by atoms with Crippen molar-refractivity contribution in [1.82, 2.24) is 5.32 Å². The Balaban J connectivity index is 1.85. The van der Waals surface area contributed by atoms with Crippen LogP contribution in [0.25, 0.3) is 0 Å². The molecule has 1 aliphatic rings. The zero-order valence-corrected chi connectivity index (χ0v) is 8.64. The van der Waals surface area contributed by atoms with E-state index in [1.807, 2.05) is 17.5 Å². The van der Waals surface area contributed by atoms with Gasteiger partial charge in [-0.25, -0.2) is 0 Å². The lowest BCUT2D eigenvalue weighted by Crippen LogP contribution is -2.40. The molecule has 1 aliphatic carbocycles. The molecule has 76 valence electrons. The highest BCUT2D eigenvalue weighted by atomic mass is 32.1. The zero-order valence-electron chi connectivity index (χ0n) is 7.82. The van der Waals surface area contributed by atoms with Crippen LogP contribution in [0.1, 0.15) is 17.7 Å². The zero-order chi connectivity index (χ0) is 10.0. The van der Waals surface area contributed by atoms with Crippen LogP contribution in [0, 0.1) is 0 Å². The summed E-state index contributed by atoms with van der Waals surface area (Å²) in [6, 6.07) is 3.88. The minimum Gasteiger partial charge on any atom is -0.394 e. The van der Waals surface area contributed by atoms with E-state index in [2.05, 4.69) is 5.32 Å². The van der Waals surface area contributed by atoms with Crippen molar-refractivity contribution in [2.45, 2.75) is 24.8 Å². The van der Waals surface area contributed by atoms with Crippen molar-refractivity contribution in [1.29, 1.82) is 0 Å². The maximum absolute atomic E-state index is 11.5. The molecule has 4 heteroatoms. The molecule has 1 saturated carbocycles. The maximum Gasteiger partial charge on any atom is 0.225 e. The molecule has 0 spiro atoms. The van der Waals surface area contributed by atoms with Crippen LogP contribution in [0.4, 0.5) is 0 Å². The molecule has 3 nitrogen and oxygen atoms in total. The van der Waals surface area contributed by atoms with Gasteiger partial charge in [0.1, 0.15) is 0 Å². The van der Waals surface area contributed by atoms with E-state index in [4.69, 9.17) is 5.11 Å². The molecule has 1 amide bonds. The van der Waals surface area contributed by atoms with Gasteiger partial charge in [0.2, 0.25) is 5.91 Å². The summed E-state index contributed by atoms with van der Waals surface area (Å²) >= 11 is 1.58. The number of nitrogens with one attached hydrogen (secondary N) is 1. The predicted molar refractivity (Wildman–Crippen MR) is 55.2 cm³/mol. The molecule has 0 bridgehead atoms. The number of aliphatic hydroxyl groups is 1. The van der Waals surface area contributed by atoms with E-state index in [1.165, 1.54) is 0 Å². The minimum absolute atomic E-state index is 0.0130. The van der Waals surface area contributed by atoms with E-state index in [9.17, 15) is 4.79 Å². The summed E-state index contributed by atoms with van der Waals surface area (Å²) in [5, 5.41) is 13.9. The molecule has 1 aromatic rings. The summed E-state index contributed by atoms with van der Waals surface area (Å²) in [7, 11) is 0. The fraction of sp³-hybridized carbons (Fsp3) is 0.500. The Morgan fingerprint density at radius 1 is 1.64 bits per heavy atom. The molecule has 1 fully saturated rings. The molecule has 1 heterocycles. The Labute approximate surface area is 86.8 Å². The summed E-state index contributed by atoms with van der Waals surface area (Å²) in [5.41, 5.74) is -0.283. The first-order chi connectivity index (χ1) is 6.74. The molecular formula is C10H13NO2S. The fourth-order valence-corrected chi connectivity index (χ4v) is 2.09. The molecule has 0 aromatic carbocycles.